The monoisotopic (exact) mass is 219 g/mol. The van der Waals surface area contributed by atoms with Crippen LogP contribution in [0.1, 0.15) is 10.4 Å². The van der Waals surface area contributed by atoms with Gasteiger partial charge in [-0.25, -0.2) is 4.39 Å². The highest BCUT2D eigenvalue weighted by atomic mass is 79.9. The molecule has 1 aromatic rings. The maximum atomic E-state index is 12.5. The van der Waals surface area contributed by atoms with Crippen molar-refractivity contribution >= 4 is 22.9 Å². The van der Waals surface area contributed by atoms with Gasteiger partial charge in [-0.1, -0.05) is 12.1 Å². The Morgan fingerprint density at radius 1 is 1.36 bits per heavy atom. The molecule has 0 saturated carbocycles. The van der Waals surface area contributed by atoms with Crippen LogP contribution in [0.4, 0.5) is 4.39 Å². The summed E-state index contributed by atoms with van der Waals surface area (Å²) in [5, 5.41) is 0. The van der Waals surface area contributed by atoms with Crippen LogP contribution in [0.2, 0.25) is 0 Å². The molecular formula is C7H7BrFNO. The van der Waals surface area contributed by atoms with Crippen LogP contribution < -0.4 is 5.73 Å². The molecule has 11 heavy (non-hydrogen) atoms. The van der Waals surface area contributed by atoms with Crippen molar-refractivity contribution in [3.63, 3.8) is 0 Å². The Kier molecular flexibility index (Phi) is 3.74. The zero-order valence-corrected chi connectivity index (χ0v) is 7.29. The summed E-state index contributed by atoms with van der Waals surface area (Å²) in [5.41, 5.74) is 4.77. The Bertz CT molecular complexity index is 264. The molecule has 0 saturated heterocycles. The van der Waals surface area contributed by atoms with Crippen molar-refractivity contribution in [3.8, 4) is 0 Å². The van der Waals surface area contributed by atoms with E-state index in [-0.39, 0.29) is 22.5 Å². The predicted molar refractivity (Wildman–Crippen MR) is 45.2 cm³/mol. The fourth-order valence-electron chi connectivity index (χ4n) is 0.661. The van der Waals surface area contributed by atoms with Crippen molar-refractivity contribution in [1.82, 2.24) is 0 Å². The molecule has 0 aromatic heterocycles. The Labute approximate surface area is 74.0 Å². The van der Waals surface area contributed by atoms with Crippen molar-refractivity contribution in [2.75, 3.05) is 0 Å². The third-order valence-corrected chi connectivity index (χ3v) is 1.14. The number of nitrogens with two attached hydrogens (primary N) is 1. The molecule has 0 unspecified atom stereocenters. The van der Waals surface area contributed by atoms with Crippen LogP contribution in [-0.4, -0.2) is 5.91 Å². The number of benzene rings is 1. The lowest BCUT2D eigenvalue weighted by atomic mass is 10.2. The first kappa shape index (κ1) is 10.1. The average Bonchev–Trinajstić information content (AvgIpc) is 1.88. The second-order valence-corrected chi connectivity index (χ2v) is 1.84. The van der Waals surface area contributed by atoms with Crippen LogP contribution in [0.25, 0.3) is 0 Å². The maximum absolute atomic E-state index is 12.5. The van der Waals surface area contributed by atoms with Gasteiger partial charge in [-0.05, 0) is 12.1 Å². The summed E-state index contributed by atoms with van der Waals surface area (Å²) < 4.78 is 12.5. The van der Waals surface area contributed by atoms with Gasteiger partial charge in [-0.15, -0.1) is 17.0 Å². The molecular weight excluding hydrogens is 213 g/mol. The van der Waals surface area contributed by atoms with E-state index in [1.54, 1.807) is 6.07 Å². The van der Waals surface area contributed by atoms with Crippen LogP contribution in [0.15, 0.2) is 24.3 Å². The molecule has 0 aliphatic carbocycles. The molecule has 0 atom stereocenters. The third kappa shape index (κ3) is 2.31. The van der Waals surface area contributed by atoms with Crippen molar-refractivity contribution in [3.05, 3.63) is 35.6 Å². The van der Waals surface area contributed by atoms with Gasteiger partial charge in [0.25, 0.3) is 5.91 Å². The van der Waals surface area contributed by atoms with Crippen molar-refractivity contribution in [1.29, 1.82) is 0 Å². The SMILES string of the molecule is Br.NC(=O)c1ccccc1F. The van der Waals surface area contributed by atoms with E-state index in [2.05, 4.69) is 0 Å². The number of amides is 1. The van der Waals surface area contributed by atoms with Crippen molar-refractivity contribution in [2.45, 2.75) is 0 Å². The maximum Gasteiger partial charge on any atom is 0.251 e. The second-order valence-electron chi connectivity index (χ2n) is 1.84. The Morgan fingerprint density at radius 2 is 1.91 bits per heavy atom. The Balaban J connectivity index is 0.000001000. The van der Waals surface area contributed by atoms with E-state index in [0.29, 0.717) is 0 Å². The molecule has 4 heteroatoms. The molecule has 2 N–H and O–H groups in total. The number of carbonyl (C=O) groups excluding carboxylic acids is 1. The number of halogens is 2. The zero-order chi connectivity index (χ0) is 7.56. The molecule has 1 amide bonds. The molecule has 1 rings (SSSR count). The number of hydrogen-bond donors (Lipinski definition) is 1. The normalized spacial score (nSPS) is 8.45. The highest BCUT2D eigenvalue weighted by Crippen LogP contribution is 2.03. The number of rotatable bonds is 1. The minimum Gasteiger partial charge on any atom is -0.366 e. The van der Waals surface area contributed by atoms with Crippen molar-refractivity contribution in [2.24, 2.45) is 5.73 Å². The van der Waals surface area contributed by atoms with Gasteiger partial charge in [-0.3, -0.25) is 4.79 Å². The molecule has 1 aromatic carbocycles. The van der Waals surface area contributed by atoms with Crippen LogP contribution in [-0.2, 0) is 0 Å². The highest BCUT2D eigenvalue weighted by Gasteiger charge is 2.04. The van der Waals surface area contributed by atoms with Gasteiger partial charge in [0.1, 0.15) is 5.82 Å². The minimum absolute atomic E-state index is 0. The van der Waals surface area contributed by atoms with Gasteiger partial charge in [-0.2, -0.15) is 0 Å². The van der Waals surface area contributed by atoms with Crippen LogP contribution in [0.3, 0.4) is 0 Å². The number of primary amides is 1. The standard InChI is InChI=1S/C7H6FNO.BrH/c8-6-4-2-1-3-5(6)7(9)10;/h1-4H,(H2,9,10);1H. The van der Waals surface area contributed by atoms with E-state index in [4.69, 9.17) is 5.73 Å². The molecule has 2 nitrogen and oxygen atoms in total. The van der Waals surface area contributed by atoms with E-state index in [9.17, 15) is 9.18 Å². The van der Waals surface area contributed by atoms with Gasteiger partial charge < -0.3 is 5.73 Å². The Morgan fingerprint density at radius 3 is 2.27 bits per heavy atom. The first-order chi connectivity index (χ1) is 4.72. The van der Waals surface area contributed by atoms with Crippen molar-refractivity contribution < 1.29 is 9.18 Å². The summed E-state index contributed by atoms with van der Waals surface area (Å²) in [6.07, 6.45) is 0. The molecule has 0 aliphatic heterocycles. The smallest absolute Gasteiger partial charge is 0.251 e. The van der Waals surface area contributed by atoms with E-state index in [0.717, 1.165) is 0 Å². The van der Waals surface area contributed by atoms with E-state index in [1.807, 2.05) is 0 Å². The second kappa shape index (κ2) is 4.08. The van der Waals surface area contributed by atoms with E-state index in [1.165, 1.54) is 18.2 Å². The zero-order valence-electron chi connectivity index (χ0n) is 5.58. The summed E-state index contributed by atoms with van der Waals surface area (Å²) in [4.78, 5) is 10.4. The molecule has 0 bridgehead atoms. The van der Waals surface area contributed by atoms with Gasteiger partial charge in [0.2, 0.25) is 0 Å². The summed E-state index contributed by atoms with van der Waals surface area (Å²) >= 11 is 0. The fraction of sp³-hybridized carbons (Fsp3) is 0. The number of hydrogen-bond acceptors (Lipinski definition) is 1. The van der Waals surface area contributed by atoms with Gasteiger partial charge in [0.05, 0.1) is 5.56 Å². The topological polar surface area (TPSA) is 43.1 Å². The lowest BCUT2D eigenvalue weighted by Gasteiger charge is -1.94. The van der Waals surface area contributed by atoms with Gasteiger partial charge in [0.15, 0.2) is 0 Å². The summed E-state index contributed by atoms with van der Waals surface area (Å²) in [5.74, 6) is -1.31. The molecule has 0 heterocycles. The van der Waals surface area contributed by atoms with E-state index < -0.39 is 11.7 Å². The lowest BCUT2D eigenvalue weighted by molar-refractivity contribution is 0.0996. The van der Waals surface area contributed by atoms with Gasteiger partial charge in [0, 0.05) is 0 Å². The molecule has 0 aliphatic rings. The van der Waals surface area contributed by atoms with Gasteiger partial charge >= 0.3 is 0 Å². The highest BCUT2D eigenvalue weighted by molar-refractivity contribution is 8.93. The van der Waals surface area contributed by atoms with Crippen LogP contribution in [0.5, 0.6) is 0 Å². The predicted octanol–water partition coefficient (Wildman–Crippen LogP) is 1.50. The third-order valence-electron chi connectivity index (χ3n) is 1.14. The lowest BCUT2D eigenvalue weighted by Crippen LogP contribution is -2.12. The van der Waals surface area contributed by atoms with Crippen LogP contribution in [0, 0.1) is 5.82 Å². The minimum atomic E-state index is -0.738. The summed E-state index contributed by atoms with van der Waals surface area (Å²) in [6.45, 7) is 0. The Hall–Kier alpha value is -0.900. The van der Waals surface area contributed by atoms with E-state index >= 15 is 0 Å². The molecule has 0 spiro atoms. The fourth-order valence-corrected chi connectivity index (χ4v) is 0.661. The molecule has 60 valence electrons. The largest absolute Gasteiger partial charge is 0.366 e. The summed E-state index contributed by atoms with van der Waals surface area (Å²) in [7, 11) is 0. The summed E-state index contributed by atoms with van der Waals surface area (Å²) in [6, 6.07) is 5.60. The quantitative estimate of drug-likeness (QED) is 0.765. The number of carbonyl (C=O) groups is 1. The first-order valence-corrected chi connectivity index (χ1v) is 2.76. The first-order valence-electron chi connectivity index (χ1n) is 2.76. The molecule has 0 fully saturated rings. The molecule has 0 radical (unpaired) electrons. The van der Waals surface area contributed by atoms with Crippen LogP contribution >= 0.6 is 17.0 Å². The average molecular weight is 220 g/mol.